The number of carbonyl (C=O) groups excluding carboxylic acids is 2. The Labute approximate surface area is 96.6 Å². The van der Waals surface area contributed by atoms with Crippen LogP contribution in [0.2, 0.25) is 0 Å². The summed E-state index contributed by atoms with van der Waals surface area (Å²) >= 11 is 1.42. The average Bonchev–Trinajstić information content (AvgIpc) is 2.29. The van der Waals surface area contributed by atoms with Crippen LogP contribution in [0, 0.1) is 0 Å². The molecular formula is C10H10N2O3S. The zero-order chi connectivity index (χ0) is 11.7. The van der Waals surface area contributed by atoms with Crippen molar-refractivity contribution in [3.05, 3.63) is 17.8 Å². The van der Waals surface area contributed by atoms with Gasteiger partial charge in [0.25, 0.3) is 0 Å². The second kappa shape index (κ2) is 4.13. The molecule has 0 aliphatic carbocycles. The van der Waals surface area contributed by atoms with Crippen molar-refractivity contribution in [2.75, 3.05) is 12.4 Å². The standard InChI is InChI=1S/C10H10N2O3S/c1-5-9(13)12-8-7(16-5)4-3-6(11-8)10(14)15-2/h3-5H,1-2H3,(H,11,12,13). The van der Waals surface area contributed by atoms with Crippen molar-refractivity contribution in [3.63, 3.8) is 0 Å². The number of esters is 1. The lowest BCUT2D eigenvalue weighted by atomic mass is 10.3. The number of methoxy groups -OCH3 is 1. The SMILES string of the molecule is COC(=O)c1ccc2c(n1)NC(=O)C(C)S2. The number of hydrogen-bond donors (Lipinski definition) is 1. The van der Waals surface area contributed by atoms with Gasteiger partial charge in [0.05, 0.1) is 17.3 Å². The van der Waals surface area contributed by atoms with Gasteiger partial charge in [-0.3, -0.25) is 4.79 Å². The third-order valence-corrected chi connectivity index (χ3v) is 3.32. The summed E-state index contributed by atoms with van der Waals surface area (Å²) in [7, 11) is 1.29. The maximum Gasteiger partial charge on any atom is 0.356 e. The van der Waals surface area contributed by atoms with E-state index < -0.39 is 5.97 Å². The number of nitrogens with one attached hydrogen (secondary N) is 1. The molecule has 0 saturated heterocycles. The van der Waals surface area contributed by atoms with Crippen LogP contribution in [0.15, 0.2) is 17.0 Å². The number of fused-ring (bicyclic) bond motifs is 1. The average molecular weight is 238 g/mol. The van der Waals surface area contributed by atoms with Crippen LogP contribution in [0.5, 0.6) is 0 Å². The van der Waals surface area contributed by atoms with Gasteiger partial charge in [0.1, 0.15) is 5.82 Å². The molecule has 1 aromatic heterocycles. The fraction of sp³-hybridized carbons (Fsp3) is 0.300. The Balaban J connectivity index is 2.36. The van der Waals surface area contributed by atoms with Gasteiger partial charge in [-0.1, -0.05) is 0 Å². The van der Waals surface area contributed by atoms with E-state index >= 15 is 0 Å². The summed E-state index contributed by atoms with van der Waals surface area (Å²) in [5.41, 5.74) is 0.191. The van der Waals surface area contributed by atoms with Gasteiger partial charge in [0.2, 0.25) is 5.91 Å². The summed E-state index contributed by atoms with van der Waals surface area (Å²) in [6.07, 6.45) is 0. The van der Waals surface area contributed by atoms with Gasteiger partial charge in [-0.15, -0.1) is 11.8 Å². The molecule has 1 N–H and O–H groups in total. The predicted molar refractivity (Wildman–Crippen MR) is 59.5 cm³/mol. The Bertz CT molecular complexity index is 461. The maximum atomic E-state index is 11.4. The van der Waals surface area contributed by atoms with Gasteiger partial charge in [-0.25, -0.2) is 9.78 Å². The van der Waals surface area contributed by atoms with Crippen molar-refractivity contribution in [2.45, 2.75) is 17.1 Å². The molecule has 0 aromatic carbocycles. The van der Waals surface area contributed by atoms with E-state index in [1.54, 1.807) is 12.1 Å². The maximum absolute atomic E-state index is 11.4. The van der Waals surface area contributed by atoms with E-state index in [0.29, 0.717) is 5.82 Å². The van der Waals surface area contributed by atoms with E-state index in [-0.39, 0.29) is 16.9 Å². The van der Waals surface area contributed by atoms with Crippen LogP contribution >= 0.6 is 11.8 Å². The van der Waals surface area contributed by atoms with E-state index in [0.717, 1.165) is 4.90 Å². The first-order chi connectivity index (χ1) is 7.61. The number of hydrogen-bond acceptors (Lipinski definition) is 5. The first-order valence-electron chi connectivity index (χ1n) is 4.68. The van der Waals surface area contributed by atoms with E-state index in [1.807, 2.05) is 6.92 Å². The van der Waals surface area contributed by atoms with Crippen LogP contribution in [-0.2, 0) is 9.53 Å². The fourth-order valence-corrected chi connectivity index (χ4v) is 2.21. The molecule has 6 heteroatoms. The summed E-state index contributed by atoms with van der Waals surface area (Å²) in [5, 5.41) is 2.51. The first kappa shape index (κ1) is 10.9. The van der Waals surface area contributed by atoms with Crippen molar-refractivity contribution >= 4 is 29.5 Å². The van der Waals surface area contributed by atoms with Gasteiger partial charge in [0.15, 0.2) is 5.69 Å². The van der Waals surface area contributed by atoms with Crippen LogP contribution in [0.4, 0.5) is 5.82 Å². The topological polar surface area (TPSA) is 68.3 Å². The summed E-state index contributed by atoms with van der Waals surface area (Å²) in [5.74, 6) is -0.191. The monoisotopic (exact) mass is 238 g/mol. The van der Waals surface area contributed by atoms with Crippen LogP contribution in [-0.4, -0.2) is 29.2 Å². The Morgan fingerprint density at radius 2 is 2.31 bits per heavy atom. The molecule has 5 nitrogen and oxygen atoms in total. The second-order valence-corrected chi connectivity index (χ2v) is 4.67. The van der Waals surface area contributed by atoms with Gasteiger partial charge >= 0.3 is 5.97 Å². The summed E-state index contributed by atoms with van der Waals surface area (Å²) in [6.45, 7) is 1.82. The highest BCUT2D eigenvalue weighted by Crippen LogP contribution is 2.34. The molecule has 0 fully saturated rings. The van der Waals surface area contributed by atoms with Crippen molar-refractivity contribution in [1.29, 1.82) is 0 Å². The van der Waals surface area contributed by atoms with Crippen molar-refractivity contribution in [2.24, 2.45) is 0 Å². The van der Waals surface area contributed by atoms with Crippen LogP contribution < -0.4 is 5.32 Å². The molecule has 1 atom stereocenters. The number of rotatable bonds is 1. The van der Waals surface area contributed by atoms with Crippen molar-refractivity contribution in [1.82, 2.24) is 4.98 Å². The van der Waals surface area contributed by atoms with Crippen LogP contribution in [0.1, 0.15) is 17.4 Å². The van der Waals surface area contributed by atoms with Crippen LogP contribution in [0.25, 0.3) is 0 Å². The summed E-state index contributed by atoms with van der Waals surface area (Å²) in [6, 6.07) is 3.34. The molecule has 0 spiro atoms. The largest absolute Gasteiger partial charge is 0.464 e. The highest BCUT2D eigenvalue weighted by molar-refractivity contribution is 8.00. The summed E-state index contributed by atoms with van der Waals surface area (Å²) < 4.78 is 4.55. The Kier molecular flexibility index (Phi) is 2.82. The van der Waals surface area contributed by atoms with E-state index in [9.17, 15) is 9.59 Å². The zero-order valence-electron chi connectivity index (χ0n) is 8.81. The molecule has 1 unspecified atom stereocenters. The Hall–Kier alpha value is -1.56. The zero-order valence-corrected chi connectivity index (χ0v) is 9.63. The Morgan fingerprint density at radius 1 is 1.56 bits per heavy atom. The molecule has 1 aromatic rings. The predicted octanol–water partition coefficient (Wildman–Crippen LogP) is 1.30. The molecular weight excluding hydrogens is 228 g/mol. The number of amides is 1. The fourth-order valence-electron chi connectivity index (χ4n) is 1.31. The third kappa shape index (κ3) is 1.88. The van der Waals surface area contributed by atoms with Gasteiger partial charge < -0.3 is 10.1 Å². The lowest BCUT2D eigenvalue weighted by Gasteiger charge is -2.20. The van der Waals surface area contributed by atoms with E-state index in [1.165, 1.54) is 18.9 Å². The highest BCUT2D eigenvalue weighted by atomic mass is 32.2. The van der Waals surface area contributed by atoms with E-state index in [4.69, 9.17) is 0 Å². The quantitative estimate of drug-likeness (QED) is 0.747. The minimum atomic E-state index is -0.513. The number of aromatic nitrogens is 1. The second-order valence-electron chi connectivity index (χ2n) is 3.28. The van der Waals surface area contributed by atoms with Gasteiger partial charge in [-0.2, -0.15) is 0 Å². The smallest absolute Gasteiger partial charge is 0.356 e. The number of anilines is 1. The molecule has 0 saturated carbocycles. The minimum absolute atomic E-state index is 0.105. The van der Waals surface area contributed by atoms with Gasteiger partial charge in [0, 0.05) is 0 Å². The first-order valence-corrected chi connectivity index (χ1v) is 5.56. The molecule has 0 bridgehead atoms. The third-order valence-electron chi connectivity index (χ3n) is 2.17. The lowest BCUT2D eigenvalue weighted by molar-refractivity contribution is -0.115. The number of pyridine rings is 1. The molecule has 2 heterocycles. The molecule has 2 rings (SSSR count). The number of ether oxygens (including phenoxy) is 1. The molecule has 1 amide bonds. The molecule has 16 heavy (non-hydrogen) atoms. The number of thioether (sulfide) groups is 1. The molecule has 84 valence electrons. The van der Waals surface area contributed by atoms with Crippen molar-refractivity contribution < 1.29 is 14.3 Å². The molecule has 0 radical (unpaired) electrons. The van der Waals surface area contributed by atoms with Crippen molar-refractivity contribution in [3.8, 4) is 0 Å². The lowest BCUT2D eigenvalue weighted by Crippen LogP contribution is -2.27. The number of nitrogens with zero attached hydrogens (tertiary/aromatic N) is 1. The highest BCUT2D eigenvalue weighted by Gasteiger charge is 2.24. The number of carbonyl (C=O) groups is 2. The Morgan fingerprint density at radius 3 is 3.00 bits per heavy atom. The normalized spacial score (nSPS) is 18.6. The van der Waals surface area contributed by atoms with E-state index in [2.05, 4.69) is 15.0 Å². The van der Waals surface area contributed by atoms with Gasteiger partial charge in [-0.05, 0) is 19.1 Å². The summed E-state index contributed by atoms with van der Waals surface area (Å²) in [4.78, 5) is 27.6. The van der Waals surface area contributed by atoms with Crippen LogP contribution in [0.3, 0.4) is 0 Å². The molecule has 1 aliphatic rings. The minimum Gasteiger partial charge on any atom is -0.464 e. The molecule has 1 aliphatic heterocycles.